The van der Waals surface area contributed by atoms with Crippen molar-refractivity contribution in [3.05, 3.63) is 18.1 Å². The van der Waals surface area contributed by atoms with Gasteiger partial charge in [0, 0.05) is 12.1 Å². The van der Waals surface area contributed by atoms with Crippen molar-refractivity contribution in [2.75, 3.05) is 6.61 Å². The molecule has 1 N–H and O–H groups in total. The average Bonchev–Trinajstić information content (AvgIpc) is 2.24. The first-order valence-electron chi connectivity index (χ1n) is 6.05. The number of aromatic nitrogens is 2. The standard InChI is InChI=1S/C13H23N3O/c1-10(2)9-17-12-8-14-11(6-15-12)7-16-13(3,4)5/h6,8,10,16H,7,9H2,1-5H3. The summed E-state index contributed by atoms with van der Waals surface area (Å²) in [7, 11) is 0. The molecule has 0 spiro atoms. The fraction of sp³-hybridized carbons (Fsp3) is 0.692. The lowest BCUT2D eigenvalue weighted by atomic mass is 10.1. The average molecular weight is 237 g/mol. The molecule has 0 aromatic carbocycles. The van der Waals surface area contributed by atoms with Crippen molar-refractivity contribution in [1.29, 1.82) is 0 Å². The van der Waals surface area contributed by atoms with Crippen LogP contribution in [-0.2, 0) is 6.54 Å². The van der Waals surface area contributed by atoms with Gasteiger partial charge in [-0.05, 0) is 26.7 Å². The maximum absolute atomic E-state index is 5.47. The van der Waals surface area contributed by atoms with Crippen molar-refractivity contribution in [1.82, 2.24) is 15.3 Å². The largest absolute Gasteiger partial charge is 0.476 e. The molecule has 0 bridgehead atoms. The second-order valence-electron chi connectivity index (χ2n) is 5.65. The molecule has 1 aromatic rings. The van der Waals surface area contributed by atoms with Crippen LogP contribution in [0.2, 0.25) is 0 Å². The molecule has 0 amide bonds. The Morgan fingerprint density at radius 1 is 1.24 bits per heavy atom. The third kappa shape index (κ3) is 6.22. The normalized spacial score (nSPS) is 11.9. The lowest BCUT2D eigenvalue weighted by Gasteiger charge is -2.20. The second-order valence-corrected chi connectivity index (χ2v) is 5.65. The van der Waals surface area contributed by atoms with Gasteiger partial charge in [-0.1, -0.05) is 13.8 Å². The highest BCUT2D eigenvalue weighted by Gasteiger charge is 2.09. The third-order valence-corrected chi connectivity index (χ3v) is 2.05. The molecule has 0 unspecified atom stereocenters. The highest BCUT2D eigenvalue weighted by atomic mass is 16.5. The van der Waals surface area contributed by atoms with Crippen LogP contribution in [0, 0.1) is 5.92 Å². The van der Waals surface area contributed by atoms with Crippen molar-refractivity contribution in [2.24, 2.45) is 5.92 Å². The monoisotopic (exact) mass is 237 g/mol. The second kappa shape index (κ2) is 5.96. The van der Waals surface area contributed by atoms with E-state index in [1.165, 1.54) is 0 Å². The fourth-order valence-electron chi connectivity index (χ4n) is 1.12. The van der Waals surface area contributed by atoms with Gasteiger partial charge in [0.15, 0.2) is 0 Å². The van der Waals surface area contributed by atoms with Crippen molar-refractivity contribution in [3.8, 4) is 5.88 Å². The molecule has 1 heterocycles. The number of rotatable bonds is 5. The zero-order valence-electron chi connectivity index (χ0n) is 11.4. The van der Waals surface area contributed by atoms with Crippen LogP contribution in [-0.4, -0.2) is 22.1 Å². The molecule has 4 nitrogen and oxygen atoms in total. The quantitative estimate of drug-likeness (QED) is 0.854. The first kappa shape index (κ1) is 13.9. The summed E-state index contributed by atoms with van der Waals surface area (Å²) < 4.78 is 5.47. The smallest absolute Gasteiger partial charge is 0.232 e. The van der Waals surface area contributed by atoms with Crippen molar-refractivity contribution in [2.45, 2.75) is 46.7 Å². The molecule has 0 aliphatic heterocycles. The Bertz CT molecular complexity index is 328. The topological polar surface area (TPSA) is 47.0 Å². The highest BCUT2D eigenvalue weighted by Crippen LogP contribution is 2.07. The van der Waals surface area contributed by atoms with Crippen LogP contribution in [0.1, 0.15) is 40.3 Å². The van der Waals surface area contributed by atoms with Gasteiger partial charge < -0.3 is 10.1 Å². The van der Waals surface area contributed by atoms with Crippen molar-refractivity contribution >= 4 is 0 Å². The highest BCUT2D eigenvalue weighted by molar-refractivity contribution is 5.07. The van der Waals surface area contributed by atoms with E-state index in [-0.39, 0.29) is 5.54 Å². The molecule has 17 heavy (non-hydrogen) atoms. The van der Waals surface area contributed by atoms with E-state index in [9.17, 15) is 0 Å². The predicted molar refractivity (Wildman–Crippen MR) is 69.0 cm³/mol. The summed E-state index contributed by atoms with van der Waals surface area (Å²) in [6.45, 7) is 12.0. The van der Waals surface area contributed by atoms with Crippen LogP contribution in [0.3, 0.4) is 0 Å². The zero-order valence-corrected chi connectivity index (χ0v) is 11.4. The molecular formula is C13H23N3O. The molecule has 0 aliphatic carbocycles. The van der Waals surface area contributed by atoms with Gasteiger partial charge in [0.25, 0.3) is 0 Å². The van der Waals surface area contributed by atoms with Crippen molar-refractivity contribution < 1.29 is 4.74 Å². The summed E-state index contributed by atoms with van der Waals surface area (Å²) in [4.78, 5) is 8.54. The summed E-state index contributed by atoms with van der Waals surface area (Å²) in [5.41, 5.74) is 1.02. The third-order valence-electron chi connectivity index (χ3n) is 2.05. The summed E-state index contributed by atoms with van der Waals surface area (Å²) in [5, 5.41) is 3.36. The molecule has 1 rings (SSSR count). The molecule has 96 valence electrons. The van der Waals surface area contributed by atoms with E-state index < -0.39 is 0 Å². The maximum Gasteiger partial charge on any atom is 0.232 e. The number of hydrogen-bond acceptors (Lipinski definition) is 4. The minimum absolute atomic E-state index is 0.0918. The van der Waals surface area contributed by atoms with Gasteiger partial charge in [0.2, 0.25) is 5.88 Å². The van der Waals surface area contributed by atoms with E-state index in [4.69, 9.17) is 4.74 Å². The summed E-state index contributed by atoms with van der Waals surface area (Å²) in [5.74, 6) is 1.09. The van der Waals surface area contributed by atoms with Gasteiger partial charge in [0.1, 0.15) is 0 Å². The number of nitrogens with zero attached hydrogens (tertiary/aromatic N) is 2. The number of hydrogen-bond donors (Lipinski definition) is 1. The fourth-order valence-corrected chi connectivity index (χ4v) is 1.12. The summed E-state index contributed by atoms with van der Waals surface area (Å²) in [6, 6.07) is 0. The van der Waals surface area contributed by atoms with Gasteiger partial charge in [0.05, 0.1) is 24.7 Å². The van der Waals surface area contributed by atoms with E-state index >= 15 is 0 Å². The van der Waals surface area contributed by atoms with E-state index in [1.54, 1.807) is 12.4 Å². The number of nitrogens with one attached hydrogen (secondary N) is 1. The Morgan fingerprint density at radius 2 is 1.94 bits per heavy atom. The molecular weight excluding hydrogens is 214 g/mol. The molecule has 0 radical (unpaired) electrons. The Balaban J connectivity index is 2.45. The Kier molecular flexibility index (Phi) is 4.87. The van der Waals surface area contributed by atoms with E-state index in [0.29, 0.717) is 18.4 Å². The first-order chi connectivity index (χ1) is 7.87. The predicted octanol–water partition coefficient (Wildman–Crippen LogP) is 2.40. The van der Waals surface area contributed by atoms with Crippen LogP contribution in [0.5, 0.6) is 5.88 Å². The van der Waals surface area contributed by atoms with Gasteiger partial charge in [-0.2, -0.15) is 0 Å². The minimum Gasteiger partial charge on any atom is -0.476 e. The van der Waals surface area contributed by atoms with E-state index in [0.717, 1.165) is 12.2 Å². The minimum atomic E-state index is 0.0918. The van der Waals surface area contributed by atoms with E-state index in [2.05, 4.69) is 49.9 Å². The lowest BCUT2D eigenvalue weighted by Crippen LogP contribution is -2.35. The first-order valence-corrected chi connectivity index (χ1v) is 6.05. The van der Waals surface area contributed by atoms with E-state index in [1.807, 2.05) is 0 Å². The van der Waals surface area contributed by atoms with Gasteiger partial charge >= 0.3 is 0 Å². The van der Waals surface area contributed by atoms with Crippen LogP contribution in [0.15, 0.2) is 12.4 Å². The maximum atomic E-state index is 5.47. The SMILES string of the molecule is CC(C)COc1cnc(CNC(C)(C)C)cn1. The summed E-state index contributed by atoms with van der Waals surface area (Å²) >= 11 is 0. The molecule has 0 aliphatic rings. The van der Waals surface area contributed by atoms with Crippen LogP contribution >= 0.6 is 0 Å². The molecule has 4 heteroatoms. The zero-order chi connectivity index (χ0) is 12.9. The van der Waals surface area contributed by atoms with Crippen LogP contribution < -0.4 is 10.1 Å². The van der Waals surface area contributed by atoms with Crippen molar-refractivity contribution in [3.63, 3.8) is 0 Å². The molecule has 0 atom stereocenters. The molecule has 0 fully saturated rings. The molecule has 1 aromatic heterocycles. The van der Waals surface area contributed by atoms with Gasteiger partial charge in [-0.3, -0.25) is 4.98 Å². The molecule has 0 saturated carbocycles. The Hall–Kier alpha value is -1.16. The molecule has 0 saturated heterocycles. The van der Waals surface area contributed by atoms with Crippen LogP contribution in [0.25, 0.3) is 0 Å². The van der Waals surface area contributed by atoms with Gasteiger partial charge in [-0.15, -0.1) is 0 Å². The Labute approximate surface area is 104 Å². The Morgan fingerprint density at radius 3 is 2.41 bits per heavy atom. The summed E-state index contributed by atoms with van der Waals surface area (Å²) in [6.07, 6.45) is 3.44. The van der Waals surface area contributed by atoms with Crippen LogP contribution in [0.4, 0.5) is 0 Å². The lowest BCUT2D eigenvalue weighted by molar-refractivity contribution is 0.260. The van der Waals surface area contributed by atoms with Gasteiger partial charge in [-0.25, -0.2) is 4.98 Å². The number of ether oxygens (including phenoxy) is 1.